The van der Waals surface area contributed by atoms with Crippen molar-refractivity contribution < 1.29 is 14.3 Å². The highest BCUT2D eigenvalue weighted by molar-refractivity contribution is 14.1. The Bertz CT molecular complexity index is 1200. The van der Waals surface area contributed by atoms with Gasteiger partial charge in [0.1, 0.15) is 6.61 Å². The molecule has 38 heavy (non-hydrogen) atoms. The zero-order chi connectivity index (χ0) is 26.5. The van der Waals surface area contributed by atoms with Crippen molar-refractivity contribution in [2.75, 3.05) is 7.11 Å². The lowest BCUT2D eigenvalue weighted by Crippen LogP contribution is -2.41. The van der Waals surface area contributed by atoms with Crippen molar-refractivity contribution in [3.05, 3.63) is 61.6 Å². The highest BCUT2D eigenvalue weighted by Crippen LogP contribution is 2.40. The number of benzene rings is 2. The standard InChI is InChI=1S/C31H37IN2O3S/c1-21-13-15-22(16-14-21)20-37-29-26(32)17-23(18-27(29)36-2)19-28-30(35)34(25-11-7-4-8-12-25)31(38-28)33-24-9-5-3-6-10-24/h13-19,24-25H,3-12,20H2,1-2H3. The van der Waals surface area contributed by atoms with E-state index in [1.54, 1.807) is 18.9 Å². The Morgan fingerprint density at radius 1 is 1.03 bits per heavy atom. The summed E-state index contributed by atoms with van der Waals surface area (Å²) in [6.45, 7) is 2.55. The molecule has 2 aromatic carbocycles. The smallest absolute Gasteiger partial charge is 0.266 e. The van der Waals surface area contributed by atoms with Crippen molar-refractivity contribution in [2.24, 2.45) is 4.99 Å². The fourth-order valence-corrected chi connectivity index (χ4v) is 7.45. The SMILES string of the molecule is COc1cc(C=C2SC(=NC3CCCCC3)N(C3CCCCC3)C2=O)cc(I)c1OCc1ccc(C)cc1. The lowest BCUT2D eigenvalue weighted by atomic mass is 9.94. The molecule has 0 bridgehead atoms. The van der Waals surface area contributed by atoms with Crippen molar-refractivity contribution in [1.82, 2.24) is 4.90 Å². The number of aryl methyl sites for hydroxylation is 1. The third-order valence-electron chi connectivity index (χ3n) is 7.70. The topological polar surface area (TPSA) is 51.1 Å². The number of carbonyl (C=O) groups is 1. The molecule has 202 valence electrons. The van der Waals surface area contributed by atoms with Crippen LogP contribution in [0.1, 0.15) is 80.9 Å². The first-order valence-corrected chi connectivity index (χ1v) is 15.8. The van der Waals surface area contributed by atoms with Gasteiger partial charge in [-0.2, -0.15) is 0 Å². The Morgan fingerprint density at radius 3 is 2.39 bits per heavy atom. The van der Waals surface area contributed by atoms with Crippen LogP contribution < -0.4 is 9.47 Å². The second kappa shape index (κ2) is 12.9. The molecule has 2 saturated carbocycles. The summed E-state index contributed by atoms with van der Waals surface area (Å²) in [6, 6.07) is 13.0. The molecule has 7 heteroatoms. The van der Waals surface area contributed by atoms with E-state index in [1.807, 2.05) is 17.0 Å². The molecule has 1 amide bonds. The molecular formula is C31H37IN2O3S. The Labute approximate surface area is 244 Å². The van der Waals surface area contributed by atoms with Crippen LogP contribution in [0.15, 0.2) is 46.3 Å². The minimum absolute atomic E-state index is 0.102. The number of amides is 1. The number of ether oxygens (including phenoxy) is 2. The molecular weight excluding hydrogens is 607 g/mol. The molecule has 2 aromatic rings. The maximum Gasteiger partial charge on any atom is 0.266 e. The number of thioether (sulfide) groups is 1. The van der Waals surface area contributed by atoms with E-state index < -0.39 is 0 Å². The average molecular weight is 645 g/mol. The van der Waals surface area contributed by atoms with Crippen molar-refractivity contribution in [2.45, 2.75) is 89.8 Å². The van der Waals surface area contributed by atoms with Gasteiger partial charge in [0.2, 0.25) is 0 Å². The minimum atomic E-state index is 0.102. The van der Waals surface area contributed by atoms with E-state index >= 15 is 0 Å². The summed E-state index contributed by atoms with van der Waals surface area (Å²) in [7, 11) is 1.66. The van der Waals surface area contributed by atoms with E-state index in [4.69, 9.17) is 14.5 Å². The van der Waals surface area contributed by atoms with Gasteiger partial charge in [-0.05, 0) is 96.3 Å². The molecule has 3 fully saturated rings. The van der Waals surface area contributed by atoms with Crippen LogP contribution >= 0.6 is 34.4 Å². The summed E-state index contributed by atoms with van der Waals surface area (Å²) in [5.41, 5.74) is 3.28. The van der Waals surface area contributed by atoms with Crippen LogP contribution in [0.4, 0.5) is 0 Å². The Kier molecular flexibility index (Phi) is 9.36. The van der Waals surface area contributed by atoms with Gasteiger partial charge >= 0.3 is 0 Å². The third-order valence-corrected chi connectivity index (χ3v) is 9.50. The highest BCUT2D eigenvalue weighted by Gasteiger charge is 2.39. The van der Waals surface area contributed by atoms with Crippen LogP contribution in [0.5, 0.6) is 11.5 Å². The molecule has 3 aliphatic rings. The lowest BCUT2D eigenvalue weighted by Gasteiger charge is -2.31. The van der Waals surface area contributed by atoms with Crippen molar-refractivity contribution in [3.8, 4) is 11.5 Å². The van der Waals surface area contributed by atoms with Crippen molar-refractivity contribution in [3.63, 3.8) is 0 Å². The molecule has 2 aliphatic carbocycles. The van der Waals surface area contributed by atoms with Gasteiger partial charge in [0, 0.05) is 6.04 Å². The monoisotopic (exact) mass is 644 g/mol. The summed E-state index contributed by atoms with van der Waals surface area (Å²) in [5.74, 6) is 1.50. The third kappa shape index (κ3) is 6.58. The first-order valence-electron chi connectivity index (χ1n) is 13.9. The number of hydrogen-bond acceptors (Lipinski definition) is 5. The Balaban J connectivity index is 1.39. The number of methoxy groups -OCH3 is 1. The normalized spacial score (nSPS) is 21.4. The zero-order valence-corrected chi connectivity index (χ0v) is 25.4. The van der Waals surface area contributed by atoms with Crippen LogP contribution in [0, 0.1) is 10.5 Å². The number of halogens is 1. The van der Waals surface area contributed by atoms with Gasteiger partial charge in [0.05, 0.1) is 21.6 Å². The molecule has 0 unspecified atom stereocenters. The maximum atomic E-state index is 13.7. The van der Waals surface area contributed by atoms with Gasteiger partial charge in [-0.3, -0.25) is 14.7 Å². The molecule has 0 N–H and O–H groups in total. The first kappa shape index (κ1) is 27.6. The molecule has 1 aliphatic heterocycles. The number of rotatable bonds is 7. The summed E-state index contributed by atoms with van der Waals surface area (Å²) in [6.07, 6.45) is 13.8. The average Bonchev–Trinajstić information content (AvgIpc) is 3.23. The molecule has 5 rings (SSSR count). The largest absolute Gasteiger partial charge is 0.493 e. The van der Waals surface area contributed by atoms with Gasteiger partial charge in [-0.25, -0.2) is 0 Å². The van der Waals surface area contributed by atoms with Crippen LogP contribution in [0.3, 0.4) is 0 Å². The zero-order valence-electron chi connectivity index (χ0n) is 22.4. The molecule has 0 spiro atoms. The molecule has 5 nitrogen and oxygen atoms in total. The number of carbonyl (C=O) groups excluding carboxylic acids is 1. The Morgan fingerprint density at radius 2 is 1.71 bits per heavy atom. The van der Waals surface area contributed by atoms with E-state index in [0.717, 1.165) is 56.2 Å². The summed E-state index contributed by atoms with van der Waals surface area (Å²) >= 11 is 3.85. The molecule has 1 heterocycles. The van der Waals surface area contributed by atoms with Gasteiger partial charge in [-0.1, -0.05) is 68.4 Å². The van der Waals surface area contributed by atoms with Crippen molar-refractivity contribution >= 4 is 51.5 Å². The second-order valence-electron chi connectivity index (χ2n) is 10.6. The van der Waals surface area contributed by atoms with E-state index in [-0.39, 0.29) is 11.9 Å². The summed E-state index contributed by atoms with van der Waals surface area (Å²) in [5, 5.41) is 0.916. The van der Waals surface area contributed by atoms with Crippen LogP contribution in [0.25, 0.3) is 6.08 Å². The number of aliphatic imine (C=N–C) groups is 1. The quantitative estimate of drug-likeness (QED) is 0.226. The van der Waals surface area contributed by atoms with E-state index in [1.165, 1.54) is 44.1 Å². The van der Waals surface area contributed by atoms with E-state index in [2.05, 4.69) is 59.8 Å². The number of amidine groups is 1. The van der Waals surface area contributed by atoms with Crippen LogP contribution in [-0.2, 0) is 11.4 Å². The number of nitrogens with zero attached hydrogens (tertiary/aromatic N) is 2. The second-order valence-corrected chi connectivity index (χ2v) is 12.8. The van der Waals surface area contributed by atoms with Gasteiger partial charge in [0.25, 0.3) is 5.91 Å². The predicted molar refractivity (Wildman–Crippen MR) is 165 cm³/mol. The molecule has 0 radical (unpaired) electrons. The first-order chi connectivity index (χ1) is 18.5. The molecule has 0 aromatic heterocycles. The van der Waals surface area contributed by atoms with Crippen molar-refractivity contribution in [1.29, 1.82) is 0 Å². The van der Waals surface area contributed by atoms with E-state index in [9.17, 15) is 4.79 Å². The lowest BCUT2D eigenvalue weighted by molar-refractivity contribution is -0.124. The fourth-order valence-electron chi connectivity index (χ4n) is 5.56. The maximum absolute atomic E-state index is 13.7. The van der Waals surface area contributed by atoms with Crippen LogP contribution in [-0.4, -0.2) is 35.2 Å². The van der Waals surface area contributed by atoms with Gasteiger partial charge < -0.3 is 9.47 Å². The summed E-state index contributed by atoms with van der Waals surface area (Å²) in [4.78, 5) is 21.7. The molecule has 1 saturated heterocycles. The summed E-state index contributed by atoms with van der Waals surface area (Å²) < 4.78 is 12.9. The highest BCUT2D eigenvalue weighted by atomic mass is 127. The molecule has 0 atom stereocenters. The van der Waals surface area contributed by atoms with Gasteiger partial charge in [-0.15, -0.1) is 0 Å². The number of hydrogen-bond donors (Lipinski definition) is 0. The van der Waals surface area contributed by atoms with Gasteiger partial charge in [0.15, 0.2) is 16.7 Å². The fraction of sp³-hybridized carbons (Fsp3) is 0.484. The predicted octanol–water partition coefficient (Wildman–Crippen LogP) is 8.12. The van der Waals surface area contributed by atoms with E-state index in [0.29, 0.717) is 18.4 Å². The van der Waals surface area contributed by atoms with Crippen LogP contribution in [0.2, 0.25) is 0 Å². The minimum Gasteiger partial charge on any atom is -0.493 e. The Hall–Kier alpha value is -2.00.